The van der Waals surface area contributed by atoms with Crippen molar-refractivity contribution in [2.45, 2.75) is 77.2 Å². The molecule has 1 heteroatoms. The lowest BCUT2D eigenvalue weighted by molar-refractivity contribution is -0.140. The summed E-state index contributed by atoms with van der Waals surface area (Å²) in [5, 5.41) is 0. The molecular formula is C19H33N. The Morgan fingerprint density at radius 2 is 1.60 bits per heavy atom. The summed E-state index contributed by atoms with van der Waals surface area (Å²) < 4.78 is 0. The fourth-order valence-corrected chi connectivity index (χ4v) is 7.64. The zero-order chi connectivity index (χ0) is 13.9. The van der Waals surface area contributed by atoms with Gasteiger partial charge in [0, 0.05) is 5.54 Å². The van der Waals surface area contributed by atoms with Crippen LogP contribution in [-0.2, 0) is 0 Å². The van der Waals surface area contributed by atoms with Crippen LogP contribution in [0.15, 0.2) is 0 Å². The molecule has 20 heavy (non-hydrogen) atoms. The fourth-order valence-electron chi connectivity index (χ4n) is 7.64. The van der Waals surface area contributed by atoms with Crippen molar-refractivity contribution < 1.29 is 0 Å². The van der Waals surface area contributed by atoms with Crippen LogP contribution in [0.1, 0.15) is 71.6 Å². The molecule has 0 aromatic carbocycles. The molecule has 0 saturated heterocycles. The second kappa shape index (κ2) is 4.73. The molecular weight excluding hydrogens is 242 g/mol. The van der Waals surface area contributed by atoms with Crippen molar-refractivity contribution in [3.05, 3.63) is 0 Å². The molecule has 0 heterocycles. The molecule has 114 valence electrons. The molecule has 5 aliphatic rings. The monoisotopic (exact) mass is 275 g/mol. The molecule has 0 aromatic rings. The molecule has 1 nitrogen and oxygen atoms in total. The quantitative estimate of drug-likeness (QED) is 0.783. The Labute approximate surface area is 125 Å². The molecule has 0 aromatic heterocycles. The minimum atomic E-state index is 0.213. The summed E-state index contributed by atoms with van der Waals surface area (Å²) in [7, 11) is 0. The number of nitrogens with two attached hydrogens (primary N) is 1. The van der Waals surface area contributed by atoms with E-state index in [2.05, 4.69) is 13.8 Å². The number of rotatable bonds is 2. The van der Waals surface area contributed by atoms with Crippen LogP contribution in [-0.4, -0.2) is 5.54 Å². The van der Waals surface area contributed by atoms with Crippen molar-refractivity contribution in [3.63, 3.8) is 0 Å². The Hall–Kier alpha value is -0.0400. The van der Waals surface area contributed by atoms with E-state index in [0.29, 0.717) is 0 Å². The van der Waals surface area contributed by atoms with E-state index in [4.69, 9.17) is 5.73 Å². The first-order valence-electron chi connectivity index (χ1n) is 9.38. The van der Waals surface area contributed by atoms with Crippen LogP contribution in [0.5, 0.6) is 0 Å². The molecule has 0 aliphatic heterocycles. The highest BCUT2D eigenvalue weighted by Crippen LogP contribution is 2.64. The molecule has 0 amide bonds. The molecule has 6 atom stereocenters. The average Bonchev–Trinajstić information content (AvgIpc) is 2.37. The van der Waals surface area contributed by atoms with Crippen LogP contribution in [0, 0.1) is 41.4 Å². The van der Waals surface area contributed by atoms with Gasteiger partial charge >= 0.3 is 0 Å². The summed E-state index contributed by atoms with van der Waals surface area (Å²) in [4.78, 5) is 0. The minimum absolute atomic E-state index is 0.213. The Morgan fingerprint density at radius 1 is 0.900 bits per heavy atom. The van der Waals surface area contributed by atoms with Gasteiger partial charge in [-0.05, 0) is 67.1 Å². The molecule has 2 N–H and O–H groups in total. The van der Waals surface area contributed by atoms with E-state index in [1.54, 1.807) is 0 Å². The number of hydrogen-bond donors (Lipinski definition) is 1. The third-order valence-corrected chi connectivity index (χ3v) is 7.65. The molecule has 5 rings (SSSR count). The molecule has 5 saturated carbocycles. The summed E-state index contributed by atoms with van der Waals surface area (Å²) in [6.45, 7) is 4.89. The summed E-state index contributed by atoms with van der Waals surface area (Å²) in [6.07, 6.45) is 13.3. The molecule has 4 bridgehead atoms. The average molecular weight is 275 g/mol. The third-order valence-electron chi connectivity index (χ3n) is 7.65. The maximum Gasteiger partial charge on any atom is 0.0224 e. The Kier molecular flexibility index (Phi) is 3.22. The van der Waals surface area contributed by atoms with Gasteiger partial charge in [-0.1, -0.05) is 46.0 Å². The van der Waals surface area contributed by atoms with Gasteiger partial charge in [-0.15, -0.1) is 0 Å². The molecule has 5 aliphatic carbocycles. The predicted octanol–water partition coefficient (Wildman–Crippen LogP) is 4.60. The second-order valence-corrected chi connectivity index (χ2v) is 9.10. The van der Waals surface area contributed by atoms with Crippen LogP contribution in [0.3, 0.4) is 0 Å². The van der Waals surface area contributed by atoms with Gasteiger partial charge in [0.05, 0.1) is 0 Å². The topological polar surface area (TPSA) is 26.0 Å². The fraction of sp³-hybridized carbons (Fsp3) is 1.00. The van der Waals surface area contributed by atoms with Crippen molar-refractivity contribution >= 4 is 0 Å². The van der Waals surface area contributed by atoms with E-state index in [1.807, 2.05) is 0 Å². The lowest BCUT2D eigenvalue weighted by Crippen LogP contribution is -2.70. The summed E-state index contributed by atoms with van der Waals surface area (Å²) >= 11 is 0. The summed E-state index contributed by atoms with van der Waals surface area (Å²) in [5.74, 6) is 6.41. The van der Waals surface area contributed by atoms with Crippen LogP contribution in [0.25, 0.3) is 0 Å². The predicted molar refractivity (Wildman–Crippen MR) is 84.2 cm³/mol. The second-order valence-electron chi connectivity index (χ2n) is 9.10. The van der Waals surface area contributed by atoms with Gasteiger partial charge in [-0.3, -0.25) is 0 Å². The van der Waals surface area contributed by atoms with Gasteiger partial charge in [0.15, 0.2) is 0 Å². The Morgan fingerprint density at radius 3 is 2.30 bits per heavy atom. The first kappa shape index (κ1) is 13.6. The maximum absolute atomic E-state index is 7.24. The van der Waals surface area contributed by atoms with Gasteiger partial charge in [-0.25, -0.2) is 0 Å². The molecule has 0 spiro atoms. The lowest BCUT2D eigenvalue weighted by Gasteiger charge is -2.67. The Bertz CT molecular complexity index is 368. The van der Waals surface area contributed by atoms with Gasteiger partial charge in [0.2, 0.25) is 0 Å². The highest BCUT2D eigenvalue weighted by atomic mass is 14.9. The van der Waals surface area contributed by atoms with Crippen molar-refractivity contribution in [1.29, 1.82) is 0 Å². The molecule has 5 fully saturated rings. The van der Waals surface area contributed by atoms with E-state index in [0.717, 1.165) is 41.4 Å². The first-order valence-corrected chi connectivity index (χ1v) is 9.38. The van der Waals surface area contributed by atoms with Gasteiger partial charge in [0.25, 0.3) is 0 Å². The van der Waals surface area contributed by atoms with E-state index in [1.165, 1.54) is 57.8 Å². The van der Waals surface area contributed by atoms with Gasteiger partial charge < -0.3 is 5.73 Å². The summed E-state index contributed by atoms with van der Waals surface area (Å²) in [5.41, 5.74) is 7.45. The van der Waals surface area contributed by atoms with Gasteiger partial charge in [-0.2, -0.15) is 0 Å². The molecule has 0 radical (unpaired) electrons. The van der Waals surface area contributed by atoms with E-state index in [-0.39, 0.29) is 5.54 Å². The highest BCUT2D eigenvalue weighted by Gasteiger charge is 2.62. The van der Waals surface area contributed by atoms with E-state index < -0.39 is 0 Å². The lowest BCUT2D eigenvalue weighted by atomic mass is 9.40. The van der Waals surface area contributed by atoms with Crippen LogP contribution >= 0.6 is 0 Å². The van der Waals surface area contributed by atoms with Crippen LogP contribution < -0.4 is 5.73 Å². The van der Waals surface area contributed by atoms with E-state index >= 15 is 0 Å². The van der Waals surface area contributed by atoms with Crippen molar-refractivity contribution in [3.8, 4) is 0 Å². The zero-order valence-electron chi connectivity index (χ0n) is 13.5. The van der Waals surface area contributed by atoms with Crippen LogP contribution in [0.2, 0.25) is 0 Å². The van der Waals surface area contributed by atoms with Crippen molar-refractivity contribution in [2.75, 3.05) is 0 Å². The molecule has 6 unspecified atom stereocenters. The summed E-state index contributed by atoms with van der Waals surface area (Å²) in [6, 6.07) is 0. The van der Waals surface area contributed by atoms with Gasteiger partial charge in [0.1, 0.15) is 0 Å². The van der Waals surface area contributed by atoms with E-state index in [9.17, 15) is 0 Å². The first-order chi connectivity index (χ1) is 9.59. The zero-order valence-corrected chi connectivity index (χ0v) is 13.5. The van der Waals surface area contributed by atoms with Crippen molar-refractivity contribution in [2.24, 2.45) is 47.2 Å². The highest BCUT2D eigenvalue weighted by molar-refractivity contribution is 5.15. The minimum Gasteiger partial charge on any atom is -0.325 e. The largest absolute Gasteiger partial charge is 0.325 e. The standard InChI is InChI=1S/C19H33N/c1-12(2)17-15-8-13-9-16(10-15)18(19(17,20)11-13)14-6-4-3-5-7-14/h12-18H,3-11,20H2,1-2H3. The third kappa shape index (κ3) is 1.84. The smallest absolute Gasteiger partial charge is 0.0224 e. The maximum atomic E-state index is 7.24. The van der Waals surface area contributed by atoms with Crippen LogP contribution in [0.4, 0.5) is 0 Å². The normalized spacial score (nSPS) is 51.9. The van der Waals surface area contributed by atoms with Crippen molar-refractivity contribution in [1.82, 2.24) is 0 Å². The SMILES string of the molecule is CC(C)C1C2CC3CC(C2)C(C2CCCCC2)C1(N)C3. The Balaban J connectivity index is 1.67. The number of hydrogen-bond acceptors (Lipinski definition) is 1.